The fourth-order valence-electron chi connectivity index (χ4n) is 6.42. The van der Waals surface area contributed by atoms with Crippen LogP contribution in [0.5, 0.6) is 11.5 Å². The molecule has 0 spiro atoms. The molecule has 3 saturated carbocycles. The lowest BCUT2D eigenvalue weighted by atomic mass is 9.73. The van der Waals surface area contributed by atoms with Gasteiger partial charge in [0.1, 0.15) is 11.5 Å². The lowest BCUT2D eigenvalue weighted by molar-refractivity contribution is 0.232. The first kappa shape index (κ1) is 17.1. The Morgan fingerprint density at radius 3 is 1.82 bits per heavy atom. The fourth-order valence-corrected chi connectivity index (χ4v) is 6.42. The van der Waals surface area contributed by atoms with E-state index in [-0.39, 0.29) is 0 Å². The van der Waals surface area contributed by atoms with Crippen LogP contribution in [0.3, 0.4) is 0 Å². The van der Waals surface area contributed by atoms with Gasteiger partial charge in [-0.15, -0.1) is 10.5 Å². The summed E-state index contributed by atoms with van der Waals surface area (Å²) in [6.45, 7) is 0. The highest BCUT2D eigenvalue weighted by molar-refractivity contribution is 5.34. The molecule has 0 aliphatic heterocycles. The van der Waals surface area contributed by atoms with Crippen LogP contribution in [0.15, 0.2) is 48.5 Å². The van der Waals surface area contributed by atoms with Crippen molar-refractivity contribution < 1.29 is 9.47 Å². The number of nitriles is 2. The van der Waals surface area contributed by atoms with E-state index in [0.29, 0.717) is 23.3 Å². The molecular formula is C24H22N2O2. The van der Waals surface area contributed by atoms with Crippen LogP contribution in [0.25, 0.3) is 0 Å². The fraction of sp³-hybridized carbons (Fsp3) is 0.417. The van der Waals surface area contributed by atoms with Gasteiger partial charge >= 0.3 is 0 Å². The van der Waals surface area contributed by atoms with Crippen molar-refractivity contribution in [2.24, 2.45) is 23.7 Å². The predicted octanol–water partition coefficient (Wildman–Crippen LogP) is 5.34. The molecule has 140 valence electrons. The van der Waals surface area contributed by atoms with Crippen LogP contribution in [0.2, 0.25) is 0 Å². The molecule has 0 unspecified atom stereocenters. The molecule has 2 aromatic rings. The lowest BCUT2D eigenvalue weighted by Gasteiger charge is -2.31. The summed E-state index contributed by atoms with van der Waals surface area (Å²) < 4.78 is 9.83. The van der Waals surface area contributed by atoms with E-state index >= 15 is 0 Å². The van der Waals surface area contributed by atoms with Gasteiger partial charge in [0.2, 0.25) is 0 Å². The molecule has 0 saturated heterocycles. The van der Waals surface area contributed by atoms with Crippen LogP contribution in [0.1, 0.15) is 48.6 Å². The number of benzene rings is 2. The maximum absolute atomic E-state index is 8.66. The quantitative estimate of drug-likeness (QED) is 0.681. The molecule has 28 heavy (non-hydrogen) atoms. The van der Waals surface area contributed by atoms with E-state index in [2.05, 4.69) is 24.3 Å². The van der Waals surface area contributed by atoms with Gasteiger partial charge < -0.3 is 9.47 Å². The number of ether oxygens (including phenoxy) is 2. The molecule has 2 bridgehead atoms. The van der Waals surface area contributed by atoms with E-state index in [0.717, 1.165) is 23.7 Å². The molecule has 0 N–H and O–H groups in total. The second-order valence-electron chi connectivity index (χ2n) is 8.52. The Kier molecular flexibility index (Phi) is 4.21. The summed E-state index contributed by atoms with van der Waals surface area (Å²) in [4.78, 5) is 0. The van der Waals surface area contributed by atoms with Crippen molar-refractivity contribution in [3.63, 3.8) is 0 Å². The minimum atomic E-state index is 0.619. The normalized spacial score (nSPS) is 32.4. The van der Waals surface area contributed by atoms with Crippen molar-refractivity contribution >= 4 is 0 Å². The summed E-state index contributed by atoms with van der Waals surface area (Å²) in [6, 6.07) is 16.2. The zero-order valence-electron chi connectivity index (χ0n) is 15.6. The largest absolute Gasteiger partial charge is 0.388 e. The lowest BCUT2D eigenvalue weighted by Crippen LogP contribution is -2.23. The summed E-state index contributed by atoms with van der Waals surface area (Å²) in [5.74, 6) is 5.83. The van der Waals surface area contributed by atoms with Crippen LogP contribution in [-0.4, -0.2) is 0 Å². The van der Waals surface area contributed by atoms with E-state index in [1.807, 2.05) is 24.3 Å². The van der Waals surface area contributed by atoms with Gasteiger partial charge in [0, 0.05) is 0 Å². The highest BCUT2D eigenvalue weighted by Crippen LogP contribution is 2.65. The van der Waals surface area contributed by atoms with Crippen LogP contribution < -0.4 is 9.47 Å². The molecule has 0 amide bonds. The van der Waals surface area contributed by atoms with Gasteiger partial charge in [0.15, 0.2) is 0 Å². The molecule has 6 atom stereocenters. The maximum Gasteiger partial charge on any atom is 0.292 e. The Bertz CT molecular complexity index is 939. The van der Waals surface area contributed by atoms with Crippen LogP contribution in [0, 0.1) is 46.7 Å². The van der Waals surface area contributed by atoms with Gasteiger partial charge in [-0.3, -0.25) is 0 Å². The Hall–Kier alpha value is -2.98. The molecule has 0 radical (unpaired) electrons. The van der Waals surface area contributed by atoms with E-state index < -0.39 is 0 Å². The van der Waals surface area contributed by atoms with E-state index in [1.165, 1.54) is 36.8 Å². The number of nitrogens with zero attached hydrogens (tertiary/aromatic N) is 2. The molecule has 0 aromatic heterocycles. The Morgan fingerprint density at radius 1 is 0.643 bits per heavy atom. The van der Waals surface area contributed by atoms with Crippen LogP contribution in [0.4, 0.5) is 0 Å². The predicted molar refractivity (Wildman–Crippen MR) is 103 cm³/mol. The van der Waals surface area contributed by atoms with Gasteiger partial charge in [-0.25, -0.2) is 0 Å². The first-order valence-electron chi connectivity index (χ1n) is 10.1. The molecular weight excluding hydrogens is 348 g/mol. The molecule has 3 aliphatic rings. The van der Waals surface area contributed by atoms with Gasteiger partial charge in [-0.1, -0.05) is 24.3 Å². The number of rotatable bonds is 4. The zero-order valence-corrected chi connectivity index (χ0v) is 15.6. The van der Waals surface area contributed by atoms with Crippen molar-refractivity contribution in [2.75, 3.05) is 0 Å². The highest BCUT2D eigenvalue weighted by Gasteiger charge is 2.56. The first-order chi connectivity index (χ1) is 13.8. The third-order valence-corrected chi connectivity index (χ3v) is 7.45. The number of hydrogen-bond donors (Lipinski definition) is 0. The van der Waals surface area contributed by atoms with Crippen molar-refractivity contribution in [1.29, 1.82) is 10.5 Å². The molecule has 5 rings (SSSR count). The average molecular weight is 370 g/mol. The standard InChI is InChI=1S/C24H22N2O2/c25-13-27-19-5-1-15(2-6-19)17-9-22-18-11-21(24(12-18)23(22)10-17)16-3-7-20(8-4-16)28-14-26/h1-8,17-18,21-24H,9-12H2/t17-,18+,21-,22+,23-,24+/m0/s1. The number of hydrogen-bond acceptors (Lipinski definition) is 4. The van der Waals surface area contributed by atoms with Crippen LogP contribution >= 0.6 is 0 Å². The highest BCUT2D eigenvalue weighted by atomic mass is 16.5. The summed E-state index contributed by atoms with van der Waals surface area (Å²) >= 11 is 0. The van der Waals surface area contributed by atoms with Gasteiger partial charge in [-0.2, -0.15) is 0 Å². The second kappa shape index (κ2) is 6.88. The molecule has 4 nitrogen and oxygen atoms in total. The monoisotopic (exact) mass is 370 g/mol. The Balaban J connectivity index is 1.30. The van der Waals surface area contributed by atoms with Gasteiger partial charge in [0.25, 0.3) is 12.5 Å². The third-order valence-electron chi connectivity index (χ3n) is 7.45. The molecule has 0 heterocycles. The molecule has 3 aliphatic carbocycles. The number of fused-ring (bicyclic) bond motifs is 5. The van der Waals surface area contributed by atoms with Crippen molar-refractivity contribution in [2.45, 2.75) is 37.5 Å². The van der Waals surface area contributed by atoms with Gasteiger partial charge in [0.05, 0.1) is 0 Å². The molecule has 3 fully saturated rings. The van der Waals surface area contributed by atoms with Crippen molar-refractivity contribution in [3.8, 4) is 24.0 Å². The van der Waals surface area contributed by atoms with Crippen molar-refractivity contribution in [3.05, 3.63) is 59.7 Å². The minimum absolute atomic E-state index is 0.619. The topological polar surface area (TPSA) is 66.0 Å². The molecule has 2 aromatic carbocycles. The van der Waals surface area contributed by atoms with E-state index in [1.54, 1.807) is 12.5 Å². The smallest absolute Gasteiger partial charge is 0.292 e. The van der Waals surface area contributed by atoms with Gasteiger partial charge in [-0.05, 0) is 96.6 Å². The van der Waals surface area contributed by atoms with E-state index in [9.17, 15) is 0 Å². The zero-order chi connectivity index (χ0) is 19.1. The van der Waals surface area contributed by atoms with E-state index in [4.69, 9.17) is 20.0 Å². The maximum atomic E-state index is 8.66. The summed E-state index contributed by atoms with van der Waals surface area (Å²) in [7, 11) is 0. The second-order valence-corrected chi connectivity index (χ2v) is 8.52. The molecule has 4 heteroatoms. The Morgan fingerprint density at radius 2 is 1.21 bits per heavy atom. The first-order valence-corrected chi connectivity index (χ1v) is 10.1. The Labute approximate surface area is 165 Å². The van der Waals surface area contributed by atoms with Crippen molar-refractivity contribution in [1.82, 2.24) is 0 Å². The minimum Gasteiger partial charge on any atom is -0.388 e. The summed E-state index contributed by atoms with van der Waals surface area (Å²) in [5.41, 5.74) is 2.78. The van der Waals surface area contributed by atoms with Crippen LogP contribution in [-0.2, 0) is 0 Å². The average Bonchev–Trinajstić information content (AvgIpc) is 3.42. The SMILES string of the molecule is N#COc1ccc([C@@H]2C[C@H]3[C@H](C2)[C@H]2C[C@@H]3[C@H](c3ccc(OC#N)cc3)C2)cc1. The summed E-state index contributed by atoms with van der Waals surface area (Å²) in [5, 5.41) is 17.3. The summed E-state index contributed by atoms with van der Waals surface area (Å²) in [6.07, 6.45) is 8.71. The third kappa shape index (κ3) is 2.81.